The summed E-state index contributed by atoms with van der Waals surface area (Å²) in [6, 6.07) is 7.47. The van der Waals surface area contributed by atoms with E-state index in [1.807, 2.05) is 31.2 Å². The Morgan fingerprint density at radius 2 is 2.11 bits per heavy atom. The average molecular weight is 347 g/mol. The van der Waals surface area contributed by atoms with E-state index in [-0.39, 0.29) is 0 Å². The van der Waals surface area contributed by atoms with Gasteiger partial charge in [0.05, 0.1) is 10.9 Å². The zero-order valence-electron chi connectivity index (χ0n) is 9.58. The van der Waals surface area contributed by atoms with Crippen molar-refractivity contribution in [3.63, 3.8) is 0 Å². The third-order valence-corrected chi connectivity index (χ3v) is 3.35. The fourth-order valence-electron chi connectivity index (χ4n) is 1.45. The van der Waals surface area contributed by atoms with Crippen LogP contribution in [0.4, 0.5) is 0 Å². The van der Waals surface area contributed by atoms with Crippen LogP contribution < -0.4 is 4.74 Å². The first kappa shape index (κ1) is 13.7. The Labute approximate surface area is 124 Å². The van der Waals surface area contributed by atoms with Crippen molar-refractivity contribution < 1.29 is 4.74 Å². The van der Waals surface area contributed by atoms with Crippen LogP contribution in [0.15, 0.2) is 34.9 Å². The summed E-state index contributed by atoms with van der Waals surface area (Å²) in [7, 11) is 0. The van der Waals surface area contributed by atoms with Crippen LogP contribution in [0.3, 0.4) is 0 Å². The van der Waals surface area contributed by atoms with Gasteiger partial charge in [0.1, 0.15) is 5.75 Å². The second kappa shape index (κ2) is 5.91. The zero-order valence-corrected chi connectivity index (χ0v) is 12.7. The van der Waals surface area contributed by atoms with Gasteiger partial charge in [0, 0.05) is 16.2 Å². The molecule has 0 aliphatic carbocycles. The van der Waals surface area contributed by atoms with Crippen molar-refractivity contribution in [2.24, 2.45) is 0 Å². The minimum atomic E-state index is 0.325. The number of benzene rings is 1. The minimum Gasteiger partial charge on any atom is -0.437 e. The van der Waals surface area contributed by atoms with Crippen molar-refractivity contribution in [1.82, 2.24) is 4.98 Å². The van der Waals surface area contributed by atoms with Gasteiger partial charge in [0.2, 0.25) is 5.88 Å². The van der Waals surface area contributed by atoms with Gasteiger partial charge in [-0.05, 0) is 46.6 Å². The Morgan fingerprint density at radius 3 is 2.78 bits per heavy atom. The van der Waals surface area contributed by atoms with E-state index in [1.165, 1.54) is 0 Å². The van der Waals surface area contributed by atoms with Crippen LogP contribution >= 0.6 is 39.1 Å². The maximum absolute atomic E-state index is 6.11. The van der Waals surface area contributed by atoms with Crippen molar-refractivity contribution in [2.45, 2.75) is 12.8 Å². The summed E-state index contributed by atoms with van der Waals surface area (Å²) in [6.45, 7) is 1.97. The quantitative estimate of drug-likeness (QED) is 0.700. The molecule has 1 aromatic heterocycles. The van der Waals surface area contributed by atoms with Crippen LogP contribution in [0, 0.1) is 6.92 Å². The number of halogens is 3. The van der Waals surface area contributed by atoms with Crippen LogP contribution in [0.25, 0.3) is 0 Å². The van der Waals surface area contributed by atoms with E-state index in [2.05, 4.69) is 20.9 Å². The highest BCUT2D eigenvalue weighted by atomic mass is 79.9. The largest absolute Gasteiger partial charge is 0.437 e. The highest BCUT2D eigenvalue weighted by molar-refractivity contribution is 9.10. The summed E-state index contributed by atoms with van der Waals surface area (Å²) < 4.78 is 6.55. The summed E-state index contributed by atoms with van der Waals surface area (Å²) in [5, 5.41) is 0.556. The van der Waals surface area contributed by atoms with Crippen LogP contribution in [-0.4, -0.2) is 4.98 Å². The van der Waals surface area contributed by atoms with E-state index >= 15 is 0 Å². The zero-order chi connectivity index (χ0) is 13.1. The molecule has 0 unspecified atom stereocenters. The summed E-state index contributed by atoms with van der Waals surface area (Å²) in [4.78, 5) is 4.20. The van der Waals surface area contributed by atoms with Crippen LogP contribution in [0.5, 0.6) is 11.6 Å². The molecule has 2 aromatic rings. The standard InChI is InChI=1S/C13H10BrCl2NO/c1-8-2-3-12(11(16)4-8)18-13-9(6-15)5-10(14)7-17-13/h2-5,7H,6H2,1H3. The van der Waals surface area contributed by atoms with E-state index in [0.29, 0.717) is 22.5 Å². The molecule has 1 heterocycles. The molecule has 0 fully saturated rings. The number of ether oxygens (including phenoxy) is 1. The summed E-state index contributed by atoms with van der Waals surface area (Å²) in [6.07, 6.45) is 1.66. The van der Waals surface area contributed by atoms with Gasteiger partial charge in [-0.25, -0.2) is 4.98 Å². The summed E-state index contributed by atoms with van der Waals surface area (Å²) in [5.41, 5.74) is 1.89. The Kier molecular flexibility index (Phi) is 4.49. The number of rotatable bonds is 3. The Balaban J connectivity index is 2.33. The maximum atomic E-state index is 6.11. The first-order valence-corrected chi connectivity index (χ1v) is 6.95. The highest BCUT2D eigenvalue weighted by Crippen LogP contribution is 2.32. The molecule has 5 heteroatoms. The number of alkyl halides is 1. The molecule has 0 N–H and O–H groups in total. The topological polar surface area (TPSA) is 22.1 Å². The minimum absolute atomic E-state index is 0.325. The van der Waals surface area contributed by atoms with Gasteiger partial charge < -0.3 is 4.74 Å². The Hall–Kier alpha value is -0.770. The highest BCUT2D eigenvalue weighted by Gasteiger charge is 2.09. The number of pyridine rings is 1. The lowest BCUT2D eigenvalue weighted by Gasteiger charge is -2.10. The van der Waals surface area contributed by atoms with Crippen molar-refractivity contribution in [3.05, 3.63) is 51.1 Å². The average Bonchev–Trinajstić information content (AvgIpc) is 2.34. The second-order valence-corrected chi connectivity index (χ2v) is 5.38. The van der Waals surface area contributed by atoms with Gasteiger partial charge in [-0.3, -0.25) is 0 Å². The SMILES string of the molecule is Cc1ccc(Oc2ncc(Br)cc2CCl)c(Cl)c1. The lowest BCUT2D eigenvalue weighted by molar-refractivity contribution is 0.458. The molecule has 0 saturated heterocycles. The molecule has 0 amide bonds. The monoisotopic (exact) mass is 345 g/mol. The summed E-state index contributed by atoms with van der Waals surface area (Å²) in [5.74, 6) is 1.37. The van der Waals surface area contributed by atoms with E-state index in [4.69, 9.17) is 27.9 Å². The van der Waals surface area contributed by atoms with Gasteiger partial charge in [-0.2, -0.15) is 0 Å². The number of nitrogens with zero attached hydrogens (tertiary/aromatic N) is 1. The third kappa shape index (κ3) is 3.16. The Morgan fingerprint density at radius 1 is 1.33 bits per heavy atom. The van der Waals surface area contributed by atoms with E-state index < -0.39 is 0 Å². The van der Waals surface area contributed by atoms with Gasteiger partial charge in [-0.15, -0.1) is 11.6 Å². The van der Waals surface area contributed by atoms with Crippen molar-refractivity contribution in [1.29, 1.82) is 0 Å². The molecule has 0 atom stereocenters. The van der Waals surface area contributed by atoms with Crippen LogP contribution in [-0.2, 0) is 5.88 Å². The van der Waals surface area contributed by atoms with Crippen LogP contribution in [0.2, 0.25) is 5.02 Å². The number of aryl methyl sites for hydroxylation is 1. The molecule has 0 bridgehead atoms. The molecule has 2 rings (SSSR count). The van der Waals surface area contributed by atoms with Gasteiger partial charge in [0.15, 0.2) is 0 Å². The molecular weight excluding hydrogens is 337 g/mol. The van der Waals surface area contributed by atoms with E-state index in [0.717, 1.165) is 15.6 Å². The number of aromatic nitrogens is 1. The normalized spacial score (nSPS) is 10.4. The number of hydrogen-bond acceptors (Lipinski definition) is 2. The first-order valence-electron chi connectivity index (χ1n) is 5.24. The predicted molar refractivity (Wildman–Crippen MR) is 77.8 cm³/mol. The lowest BCUT2D eigenvalue weighted by Crippen LogP contribution is -1.94. The first-order chi connectivity index (χ1) is 8.60. The summed E-state index contributed by atoms with van der Waals surface area (Å²) >= 11 is 15.3. The molecule has 0 radical (unpaired) electrons. The molecule has 0 spiro atoms. The van der Waals surface area contributed by atoms with E-state index in [1.54, 1.807) is 6.20 Å². The fourth-order valence-corrected chi connectivity index (χ4v) is 2.29. The van der Waals surface area contributed by atoms with Crippen molar-refractivity contribution in [2.75, 3.05) is 0 Å². The fraction of sp³-hybridized carbons (Fsp3) is 0.154. The van der Waals surface area contributed by atoms with Crippen molar-refractivity contribution >= 4 is 39.1 Å². The Bertz CT molecular complexity index is 575. The van der Waals surface area contributed by atoms with Crippen molar-refractivity contribution in [3.8, 4) is 11.6 Å². The van der Waals surface area contributed by atoms with Gasteiger partial charge in [0.25, 0.3) is 0 Å². The van der Waals surface area contributed by atoms with Gasteiger partial charge >= 0.3 is 0 Å². The smallest absolute Gasteiger partial charge is 0.223 e. The molecule has 0 aliphatic rings. The second-order valence-electron chi connectivity index (χ2n) is 3.79. The third-order valence-electron chi connectivity index (χ3n) is 2.33. The maximum Gasteiger partial charge on any atom is 0.223 e. The molecule has 18 heavy (non-hydrogen) atoms. The molecule has 1 aromatic carbocycles. The number of hydrogen-bond donors (Lipinski definition) is 0. The van der Waals surface area contributed by atoms with E-state index in [9.17, 15) is 0 Å². The lowest BCUT2D eigenvalue weighted by atomic mass is 10.2. The molecule has 2 nitrogen and oxygen atoms in total. The van der Waals surface area contributed by atoms with Crippen LogP contribution in [0.1, 0.15) is 11.1 Å². The van der Waals surface area contributed by atoms with Gasteiger partial charge in [-0.1, -0.05) is 17.7 Å². The molecular formula is C13H10BrCl2NO. The molecule has 0 aliphatic heterocycles. The molecule has 0 saturated carbocycles. The molecule has 94 valence electrons. The predicted octanol–water partition coefficient (Wildman–Crippen LogP) is 5.34.